The second-order valence-electron chi connectivity index (χ2n) is 4.39. The van der Waals surface area contributed by atoms with Gasteiger partial charge in [-0.2, -0.15) is 4.57 Å². The third-order valence-corrected chi connectivity index (χ3v) is 3.09. The van der Waals surface area contributed by atoms with Gasteiger partial charge in [0.1, 0.15) is 0 Å². The lowest BCUT2D eigenvalue weighted by atomic mass is 10.1. The van der Waals surface area contributed by atoms with E-state index >= 15 is 0 Å². The lowest BCUT2D eigenvalue weighted by molar-refractivity contribution is -0.683. The lowest BCUT2D eigenvalue weighted by Crippen LogP contribution is -3.00. The minimum Gasteiger partial charge on any atom is -1.00 e. The zero-order valence-corrected chi connectivity index (χ0v) is 13.5. The molecule has 1 aromatic carbocycles. The fourth-order valence-electron chi connectivity index (χ4n) is 2.04. The smallest absolute Gasteiger partial charge is 0.227 e. The maximum absolute atomic E-state index is 12.4. The molecular formula is C16H18ClNO4. The Kier molecular flexibility index (Phi) is 6.66. The van der Waals surface area contributed by atoms with Crippen molar-refractivity contribution in [1.82, 2.24) is 0 Å². The molecule has 6 heteroatoms. The molecule has 0 aliphatic rings. The summed E-state index contributed by atoms with van der Waals surface area (Å²) in [6.45, 7) is 0.249. The molecule has 0 radical (unpaired) electrons. The van der Waals surface area contributed by atoms with E-state index < -0.39 is 0 Å². The van der Waals surface area contributed by atoms with Crippen molar-refractivity contribution in [3.8, 4) is 17.2 Å². The van der Waals surface area contributed by atoms with Gasteiger partial charge in [0.05, 0.1) is 21.3 Å². The highest BCUT2D eigenvalue weighted by Gasteiger charge is 2.19. The first kappa shape index (κ1) is 17.8. The van der Waals surface area contributed by atoms with Gasteiger partial charge in [-0.15, -0.1) is 0 Å². The topological polar surface area (TPSA) is 48.6 Å². The van der Waals surface area contributed by atoms with Crippen LogP contribution in [0.1, 0.15) is 10.4 Å². The van der Waals surface area contributed by atoms with E-state index in [2.05, 4.69) is 0 Å². The van der Waals surface area contributed by atoms with Crippen LogP contribution < -0.4 is 31.2 Å². The van der Waals surface area contributed by atoms with Gasteiger partial charge in [0.25, 0.3) is 0 Å². The van der Waals surface area contributed by atoms with Gasteiger partial charge >= 0.3 is 0 Å². The third-order valence-electron chi connectivity index (χ3n) is 3.09. The quantitative estimate of drug-likeness (QED) is 0.499. The molecule has 2 aromatic rings. The molecular weight excluding hydrogens is 306 g/mol. The minimum absolute atomic E-state index is 0. The zero-order chi connectivity index (χ0) is 15.2. The van der Waals surface area contributed by atoms with E-state index in [4.69, 9.17) is 14.2 Å². The van der Waals surface area contributed by atoms with E-state index in [-0.39, 0.29) is 24.7 Å². The summed E-state index contributed by atoms with van der Waals surface area (Å²) in [5.41, 5.74) is 0.515. The first-order chi connectivity index (χ1) is 10.2. The number of hydrogen-bond donors (Lipinski definition) is 0. The van der Waals surface area contributed by atoms with E-state index in [1.807, 2.05) is 35.2 Å². The summed E-state index contributed by atoms with van der Waals surface area (Å²) in [5.74, 6) is 1.38. The fourth-order valence-corrected chi connectivity index (χ4v) is 2.04. The molecule has 0 saturated carbocycles. The molecule has 22 heavy (non-hydrogen) atoms. The number of carbonyl (C=O) groups is 1. The maximum Gasteiger partial charge on any atom is 0.227 e. The van der Waals surface area contributed by atoms with Crippen LogP contribution in [0.3, 0.4) is 0 Å². The van der Waals surface area contributed by atoms with Gasteiger partial charge in [-0.3, -0.25) is 4.79 Å². The molecule has 0 amide bonds. The molecule has 1 heterocycles. The highest BCUT2D eigenvalue weighted by atomic mass is 35.5. The Morgan fingerprint density at radius 1 is 0.955 bits per heavy atom. The number of pyridine rings is 1. The number of halogens is 1. The Bertz CT molecular complexity index is 606. The van der Waals surface area contributed by atoms with Crippen LogP contribution in [0.15, 0.2) is 42.7 Å². The van der Waals surface area contributed by atoms with Crippen molar-refractivity contribution in [3.05, 3.63) is 48.3 Å². The van der Waals surface area contributed by atoms with Crippen LogP contribution in [0.2, 0.25) is 0 Å². The first-order valence-electron chi connectivity index (χ1n) is 6.47. The zero-order valence-electron chi connectivity index (χ0n) is 12.7. The molecule has 0 fully saturated rings. The summed E-state index contributed by atoms with van der Waals surface area (Å²) in [4.78, 5) is 12.4. The van der Waals surface area contributed by atoms with Crippen molar-refractivity contribution in [2.75, 3.05) is 21.3 Å². The van der Waals surface area contributed by atoms with Crippen LogP contribution in [0, 0.1) is 0 Å². The van der Waals surface area contributed by atoms with Crippen LogP contribution in [0.25, 0.3) is 0 Å². The van der Waals surface area contributed by atoms with E-state index in [9.17, 15) is 4.79 Å². The molecule has 0 saturated heterocycles. The Morgan fingerprint density at radius 3 is 1.95 bits per heavy atom. The Balaban J connectivity index is 0.00000242. The van der Waals surface area contributed by atoms with E-state index in [1.54, 1.807) is 12.1 Å². The van der Waals surface area contributed by atoms with Gasteiger partial charge in [-0.05, 0) is 12.1 Å². The van der Waals surface area contributed by atoms with E-state index in [0.29, 0.717) is 22.8 Å². The van der Waals surface area contributed by atoms with Gasteiger partial charge in [-0.1, -0.05) is 6.07 Å². The second-order valence-corrected chi connectivity index (χ2v) is 4.39. The van der Waals surface area contributed by atoms with E-state index in [0.717, 1.165) is 0 Å². The highest BCUT2D eigenvalue weighted by Crippen LogP contribution is 2.38. The monoisotopic (exact) mass is 323 g/mol. The number of rotatable bonds is 6. The summed E-state index contributed by atoms with van der Waals surface area (Å²) >= 11 is 0. The van der Waals surface area contributed by atoms with Crippen molar-refractivity contribution in [2.24, 2.45) is 0 Å². The van der Waals surface area contributed by atoms with Gasteiger partial charge in [0, 0.05) is 17.7 Å². The van der Waals surface area contributed by atoms with Crippen molar-refractivity contribution >= 4 is 5.78 Å². The maximum atomic E-state index is 12.4. The predicted molar refractivity (Wildman–Crippen MR) is 77.1 cm³/mol. The lowest BCUT2D eigenvalue weighted by Gasteiger charge is -2.13. The molecule has 0 spiro atoms. The molecule has 0 unspecified atom stereocenters. The fraction of sp³-hybridized carbons (Fsp3) is 0.250. The molecule has 118 valence electrons. The molecule has 0 atom stereocenters. The Hall–Kier alpha value is -2.27. The van der Waals surface area contributed by atoms with Gasteiger partial charge in [0.15, 0.2) is 23.9 Å². The number of ether oxygens (including phenoxy) is 3. The number of benzene rings is 1. The molecule has 1 aromatic heterocycles. The summed E-state index contributed by atoms with van der Waals surface area (Å²) in [6, 6.07) is 8.98. The number of hydrogen-bond acceptors (Lipinski definition) is 4. The van der Waals surface area contributed by atoms with Gasteiger partial charge in [-0.25, -0.2) is 0 Å². The number of aromatic nitrogens is 1. The van der Waals surface area contributed by atoms with Gasteiger partial charge in [0.2, 0.25) is 18.1 Å². The van der Waals surface area contributed by atoms with Crippen LogP contribution in [-0.4, -0.2) is 27.1 Å². The average Bonchev–Trinajstić information content (AvgIpc) is 2.54. The molecule has 5 nitrogen and oxygen atoms in total. The summed E-state index contributed by atoms with van der Waals surface area (Å²) in [5, 5.41) is 0. The number of methoxy groups -OCH3 is 3. The normalized spacial score (nSPS) is 9.59. The Labute approximate surface area is 135 Å². The first-order valence-corrected chi connectivity index (χ1v) is 6.47. The molecule has 0 aliphatic heterocycles. The summed E-state index contributed by atoms with van der Waals surface area (Å²) in [7, 11) is 4.58. The second kappa shape index (κ2) is 8.24. The van der Waals surface area contributed by atoms with Crippen molar-refractivity contribution in [1.29, 1.82) is 0 Å². The molecule has 2 rings (SSSR count). The van der Waals surface area contributed by atoms with Crippen molar-refractivity contribution in [3.63, 3.8) is 0 Å². The number of nitrogens with zero attached hydrogens (tertiary/aromatic N) is 1. The standard InChI is InChI=1S/C16H18NO4.ClH/c1-19-14-9-12(10-15(20-2)16(14)21-3)13(18)11-17-7-5-4-6-8-17;/h4-10H,11H2,1-3H3;1H/q+1;/p-1. The van der Waals surface area contributed by atoms with Crippen molar-refractivity contribution in [2.45, 2.75) is 6.54 Å². The summed E-state index contributed by atoms with van der Waals surface area (Å²) in [6.07, 6.45) is 3.69. The van der Waals surface area contributed by atoms with Crippen molar-refractivity contribution < 1.29 is 36.0 Å². The SMILES string of the molecule is COc1cc(C(=O)C[n+]2ccccc2)cc(OC)c1OC.[Cl-]. The van der Waals surface area contributed by atoms with Gasteiger partial charge < -0.3 is 26.6 Å². The average molecular weight is 324 g/mol. The number of ketones is 1. The van der Waals surface area contributed by atoms with Crippen LogP contribution in [0.5, 0.6) is 17.2 Å². The van der Waals surface area contributed by atoms with Crippen LogP contribution in [0.4, 0.5) is 0 Å². The number of carbonyl (C=O) groups excluding carboxylic acids is 1. The molecule has 0 bridgehead atoms. The van der Waals surface area contributed by atoms with Crippen LogP contribution >= 0.6 is 0 Å². The minimum atomic E-state index is -0.0366. The number of Topliss-reactive ketones (excluding diaryl/α,β-unsaturated/α-hetero) is 1. The summed E-state index contributed by atoms with van der Waals surface area (Å²) < 4.78 is 17.6. The highest BCUT2D eigenvalue weighted by molar-refractivity contribution is 5.96. The van der Waals surface area contributed by atoms with E-state index in [1.165, 1.54) is 21.3 Å². The molecule has 0 aliphatic carbocycles. The largest absolute Gasteiger partial charge is 1.00 e. The van der Waals surface area contributed by atoms with Crippen LogP contribution in [-0.2, 0) is 6.54 Å². The third kappa shape index (κ3) is 3.89. The Morgan fingerprint density at radius 2 is 1.50 bits per heavy atom. The molecule has 0 N–H and O–H groups in total. The predicted octanol–water partition coefficient (Wildman–Crippen LogP) is -1.11.